The second-order valence-electron chi connectivity index (χ2n) is 8.46. The minimum absolute atomic E-state index is 0.0263. The number of hydrogen-bond donors (Lipinski definition) is 0. The highest BCUT2D eigenvalue weighted by Crippen LogP contribution is 2.59. The van der Waals surface area contributed by atoms with Gasteiger partial charge in [0.15, 0.2) is 11.5 Å². The molecule has 0 N–H and O–H groups in total. The molecule has 0 bridgehead atoms. The maximum Gasteiger partial charge on any atom is 0.190 e. The summed E-state index contributed by atoms with van der Waals surface area (Å²) in [4.78, 5) is 2.48. The summed E-state index contributed by atoms with van der Waals surface area (Å²) < 4.78 is 25.5. The third-order valence-corrected chi connectivity index (χ3v) is 9.93. The summed E-state index contributed by atoms with van der Waals surface area (Å²) in [5.41, 5.74) is 1.19. The maximum absolute atomic E-state index is 7.08. The molecule has 0 spiro atoms. The van der Waals surface area contributed by atoms with E-state index in [1.54, 1.807) is 5.57 Å². The Kier molecular flexibility index (Phi) is 4.61. The van der Waals surface area contributed by atoms with E-state index in [0.717, 1.165) is 26.1 Å². The van der Waals surface area contributed by atoms with E-state index in [9.17, 15) is 0 Å². The Morgan fingerprint density at radius 3 is 2.19 bits per heavy atom. The molecule has 7 heteroatoms. The van der Waals surface area contributed by atoms with Crippen LogP contribution < -0.4 is 0 Å². The Balaban J connectivity index is 1.44. The fourth-order valence-electron chi connectivity index (χ4n) is 5.34. The third-order valence-electron chi connectivity index (χ3n) is 7.16. The number of likely N-dealkylation sites (tertiary alicyclic amines) is 1. The van der Waals surface area contributed by atoms with Gasteiger partial charge in [-0.1, -0.05) is 0 Å². The molecule has 0 aromatic heterocycles. The first-order valence-corrected chi connectivity index (χ1v) is 12.7. The van der Waals surface area contributed by atoms with Gasteiger partial charge in [-0.15, -0.1) is 0 Å². The van der Waals surface area contributed by atoms with Gasteiger partial charge in [0.25, 0.3) is 0 Å². The minimum atomic E-state index is -0.396. The molecule has 0 saturated carbocycles. The van der Waals surface area contributed by atoms with Crippen molar-refractivity contribution in [1.29, 1.82) is 0 Å². The van der Waals surface area contributed by atoms with Crippen molar-refractivity contribution in [3.05, 3.63) is 11.5 Å². The van der Waals surface area contributed by atoms with Crippen molar-refractivity contribution in [3.8, 4) is 0 Å². The molecular weight excluding hydrogens is 382 g/mol. The van der Waals surface area contributed by atoms with Gasteiger partial charge >= 0.3 is 0 Å². The van der Waals surface area contributed by atoms with Crippen molar-refractivity contribution < 1.29 is 18.9 Å². The van der Waals surface area contributed by atoms with E-state index in [0.29, 0.717) is 36.2 Å². The molecule has 6 rings (SSSR count). The van der Waals surface area contributed by atoms with Gasteiger partial charge < -0.3 is 23.8 Å². The third kappa shape index (κ3) is 2.64. The number of rotatable bonds is 5. The monoisotopic (exact) mass is 411 g/mol. The second-order valence-corrected chi connectivity index (χ2v) is 11.1. The highest BCUT2D eigenvalue weighted by atomic mass is 32.2. The van der Waals surface area contributed by atoms with Crippen LogP contribution in [0.25, 0.3) is 0 Å². The molecule has 0 amide bonds. The standard InChI is InChI=1S/C20H29NO4S2/c1-5-21(6-1)19-17(13-3-10-26-13)18(14-4-11-27-14)20(25-19,15-2-7-23-15)16-12-22-8-9-24-16/h13-16,18H,1-12H2. The van der Waals surface area contributed by atoms with Crippen LogP contribution in [0.5, 0.6) is 0 Å². The van der Waals surface area contributed by atoms with Crippen LogP contribution in [-0.4, -0.2) is 84.2 Å². The molecule has 0 aromatic rings. The Bertz CT molecular complexity index is 609. The topological polar surface area (TPSA) is 40.2 Å². The summed E-state index contributed by atoms with van der Waals surface area (Å²) in [6.45, 7) is 5.10. The number of ether oxygens (including phenoxy) is 4. The van der Waals surface area contributed by atoms with Gasteiger partial charge in [-0.25, -0.2) is 0 Å². The van der Waals surface area contributed by atoms with Crippen LogP contribution in [0.2, 0.25) is 0 Å². The molecule has 5 nitrogen and oxygen atoms in total. The van der Waals surface area contributed by atoms with Gasteiger partial charge in [0, 0.05) is 48.1 Å². The molecule has 5 fully saturated rings. The van der Waals surface area contributed by atoms with Crippen LogP contribution >= 0.6 is 23.5 Å². The summed E-state index contributed by atoms with van der Waals surface area (Å²) >= 11 is 4.23. The lowest BCUT2D eigenvalue weighted by Crippen LogP contribution is -2.66. The molecule has 6 heterocycles. The van der Waals surface area contributed by atoms with Crippen LogP contribution in [0.4, 0.5) is 0 Å². The summed E-state index contributed by atoms with van der Waals surface area (Å²) in [5, 5.41) is 1.26. The smallest absolute Gasteiger partial charge is 0.190 e. The molecule has 5 saturated heterocycles. The molecule has 0 aliphatic carbocycles. The van der Waals surface area contributed by atoms with Gasteiger partial charge in [-0.2, -0.15) is 23.5 Å². The molecule has 6 unspecified atom stereocenters. The molecule has 150 valence electrons. The van der Waals surface area contributed by atoms with Crippen LogP contribution in [0.1, 0.15) is 25.7 Å². The van der Waals surface area contributed by atoms with E-state index in [1.807, 2.05) is 0 Å². The van der Waals surface area contributed by atoms with Gasteiger partial charge in [0.05, 0.1) is 19.8 Å². The van der Waals surface area contributed by atoms with Gasteiger partial charge in [-0.3, -0.25) is 0 Å². The van der Waals surface area contributed by atoms with E-state index >= 15 is 0 Å². The van der Waals surface area contributed by atoms with Crippen LogP contribution in [0, 0.1) is 5.92 Å². The summed E-state index contributed by atoms with van der Waals surface area (Å²) in [6.07, 6.45) is 5.03. The first kappa shape index (κ1) is 17.8. The summed E-state index contributed by atoms with van der Waals surface area (Å²) in [7, 11) is 0. The predicted molar refractivity (Wildman–Crippen MR) is 107 cm³/mol. The lowest BCUT2D eigenvalue weighted by atomic mass is 9.70. The highest BCUT2D eigenvalue weighted by molar-refractivity contribution is 8.01. The molecule has 27 heavy (non-hydrogen) atoms. The predicted octanol–water partition coefficient (Wildman–Crippen LogP) is 2.50. The quantitative estimate of drug-likeness (QED) is 0.688. The average molecular weight is 412 g/mol. The van der Waals surface area contributed by atoms with Gasteiger partial charge in [-0.05, 0) is 30.8 Å². The number of hydrogen-bond acceptors (Lipinski definition) is 7. The maximum atomic E-state index is 7.08. The summed E-state index contributed by atoms with van der Waals surface area (Å²) in [6, 6.07) is 0. The van der Waals surface area contributed by atoms with Gasteiger partial charge in [0.2, 0.25) is 0 Å². The number of thioether (sulfide) groups is 2. The Morgan fingerprint density at radius 2 is 1.70 bits per heavy atom. The molecule has 6 aliphatic heterocycles. The van der Waals surface area contributed by atoms with Crippen LogP contribution in [0.3, 0.4) is 0 Å². The molecule has 0 radical (unpaired) electrons. The van der Waals surface area contributed by atoms with E-state index in [-0.39, 0.29) is 12.2 Å². The zero-order valence-electron chi connectivity index (χ0n) is 15.8. The Labute approximate surface area is 169 Å². The number of nitrogens with zero attached hydrogens (tertiary/aromatic N) is 1. The fourth-order valence-corrected chi connectivity index (χ4v) is 7.30. The van der Waals surface area contributed by atoms with E-state index < -0.39 is 5.60 Å². The lowest BCUT2D eigenvalue weighted by Gasteiger charge is -2.53. The van der Waals surface area contributed by atoms with Crippen molar-refractivity contribution in [1.82, 2.24) is 4.90 Å². The first-order chi connectivity index (χ1) is 13.4. The minimum Gasteiger partial charge on any atom is -0.466 e. The van der Waals surface area contributed by atoms with Crippen LogP contribution in [-0.2, 0) is 18.9 Å². The molecular formula is C20H29NO4S2. The fraction of sp³-hybridized carbons (Fsp3) is 0.900. The normalized spacial score (nSPS) is 46.8. The first-order valence-electron chi connectivity index (χ1n) is 10.6. The Hall–Kier alpha value is -0.0800. The second kappa shape index (κ2) is 7.01. The van der Waals surface area contributed by atoms with Crippen molar-refractivity contribution in [2.24, 2.45) is 5.92 Å². The van der Waals surface area contributed by atoms with E-state index in [4.69, 9.17) is 18.9 Å². The van der Waals surface area contributed by atoms with Crippen molar-refractivity contribution in [3.63, 3.8) is 0 Å². The lowest BCUT2D eigenvalue weighted by molar-refractivity contribution is -0.264. The SMILES string of the molecule is C1CN(C2=C(C3CCS3)C(C3CCS3)C(C3CCO3)(C3COCCO3)O2)C1. The molecule has 6 atom stereocenters. The zero-order chi connectivity index (χ0) is 17.8. The van der Waals surface area contributed by atoms with E-state index in [2.05, 4.69) is 28.4 Å². The molecule has 0 aromatic carbocycles. The van der Waals surface area contributed by atoms with Gasteiger partial charge in [0.1, 0.15) is 12.2 Å². The van der Waals surface area contributed by atoms with Crippen LogP contribution in [0.15, 0.2) is 11.5 Å². The van der Waals surface area contributed by atoms with Crippen molar-refractivity contribution >= 4 is 23.5 Å². The molecule has 6 aliphatic rings. The van der Waals surface area contributed by atoms with Crippen molar-refractivity contribution in [2.45, 2.75) is 54.0 Å². The Morgan fingerprint density at radius 1 is 0.926 bits per heavy atom. The summed E-state index contributed by atoms with van der Waals surface area (Å²) in [5.74, 6) is 4.15. The average Bonchev–Trinajstić information content (AvgIpc) is 2.79. The van der Waals surface area contributed by atoms with E-state index in [1.165, 1.54) is 36.7 Å². The zero-order valence-corrected chi connectivity index (χ0v) is 17.4. The highest BCUT2D eigenvalue weighted by Gasteiger charge is 2.66. The largest absolute Gasteiger partial charge is 0.466 e. The van der Waals surface area contributed by atoms with Crippen molar-refractivity contribution in [2.75, 3.05) is 51.0 Å².